The van der Waals surface area contributed by atoms with Crippen LogP contribution in [0.5, 0.6) is 0 Å². The Kier molecular flexibility index (Phi) is 6.87. The molecule has 1 heterocycles. The Morgan fingerprint density at radius 2 is 1.86 bits per heavy atom. The molecule has 1 atom stereocenters. The number of amidine groups is 1. The Balaban J connectivity index is 1.98. The number of nitrogens with zero attached hydrogens (tertiary/aromatic N) is 2. The number of amides is 1. The Labute approximate surface area is 170 Å². The number of carbonyl (C=O) groups excluding carboxylic acids is 1. The summed E-state index contributed by atoms with van der Waals surface area (Å²) in [5, 5.41) is 2.18. The smallest absolute Gasteiger partial charge is 0.272 e. The minimum atomic E-state index is -0.163. The molecular weight excluding hydrogens is 366 g/mol. The van der Waals surface area contributed by atoms with Gasteiger partial charge in [-0.3, -0.25) is 15.2 Å². The molecule has 1 amide bonds. The number of benzene rings is 2. The quantitative estimate of drug-likeness (QED) is 0.440. The molecule has 0 saturated carbocycles. The maximum Gasteiger partial charge on any atom is 0.274 e. The maximum atomic E-state index is 13.5. The summed E-state index contributed by atoms with van der Waals surface area (Å²) in [5.41, 5.74) is 5.63. The lowest BCUT2D eigenvalue weighted by Crippen LogP contribution is -2.43. The van der Waals surface area contributed by atoms with E-state index in [2.05, 4.69) is 17.0 Å². The first kappa shape index (κ1) is 19.7. The van der Waals surface area contributed by atoms with Crippen molar-refractivity contribution in [3.05, 3.63) is 96.6 Å². The van der Waals surface area contributed by atoms with Gasteiger partial charge in [0.25, 0.3) is 5.91 Å². The van der Waals surface area contributed by atoms with Gasteiger partial charge in [0, 0.05) is 5.57 Å². The molecule has 4 nitrogen and oxygen atoms in total. The van der Waals surface area contributed by atoms with Gasteiger partial charge in [0.1, 0.15) is 5.37 Å². The van der Waals surface area contributed by atoms with Gasteiger partial charge >= 0.3 is 0 Å². The van der Waals surface area contributed by atoms with Crippen LogP contribution < -0.4 is 5.43 Å². The average molecular weight is 390 g/mol. The molecule has 5 heteroatoms. The number of hydrogen-bond donors (Lipinski definition) is 1. The predicted octanol–water partition coefficient (Wildman–Crippen LogP) is 4.75. The molecule has 0 aromatic heterocycles. The molecule has 2 aromatic rings. The van der Waals surface area contributed by atoms with Crippen molar-refractivity contribution in [3.63, 3.8) is 0 Å². The minimum Gasteiger partial charge on any atom is -0.272 e. The van der Waals surface area contributed by atoms with Crippen LogP contribution in [0.15, 0.2) is 90.5 Å². The number of nitrogens with one attached hydrogen (secondary N) is 1. The Morgan fingerprint density at radius 1 is 1.18 bits per heavy atom. The fraction of sp³-hybridized carbons (Fsp3) is 0.130. The molecule has 0 spiro atoms. The van der Waals surface area contributed by atoms with Gasteiger partial charge in [0.05, 0.1) is 6.54 Å². The molecular formula is C23H23N3OS. The number of allylic oxidation sites excluding steroid dienone is 1. The van der Waals surface area contributed by atoms with Gasteiger partial charge in [-0.1, -0.05) is 90.7 Å². The van der Waals surface area contributed by atoms with Crippen molar-refractivity contribution in [1.29, 1.82) is 0 Å². The first-order chi connectivity index (χ1) is 13.7. The van der Waals surface area contributed by atoms with Gasteiger partial charge in [0.2, 0.25) is 0 Å². The van der Waals surface area contributed by atoms with Gasteiger partial charge in [-0.15, -0.1) is 6.58 Å². The summed E-state index contributed by atoms with van der Waals surface area (Å²) in [6.07, 6.45) is 7.58. The molecule has 28 heavy (non-hydrogen) atoms. The normalized spacial score (nSPS) is 18.5. The summed E-state index contributed by atoms with van der Waals surface area (Å²) >= 11 is 1.51. The third-order valence-electron chi connectivity index (χ3n) is 4.07. The van der Waals surface area contributed by atoms with Gasteiger partial charge in [0.15, 0.2) is 5.17 Å². The van der Waals surface area contributed by atoms with E-state index in [1.54, 1.807) is 11.1 Å². The molecule has 142 valence electrons. The van der Waals surface area contributed by atoms with E-state index < -0.39 is 0 Å². The number of aliphatic imine (C=N–C) groups is 1. The molecule has 1 unspecified atom stereocenters. The van der Waals surface area contributed by atoms with E-state index in [4.69, 9.17) is 0 Å². The number of rotatable bonds is 6. The lowest BCUT2D eigenvalue weighted by atomic mass is 10.0. The summed E-state index contributed by atoms with van der Waals surface area (Å²) in [7, 11) is 0. The van der Waals surface area contributed by atoms with Crippen LogP contribution in [-0.2, 0) is 4.79 Å². The Bertz CT molecular complexity index is 904. The van der Waals surface area contributed by atoms with Crippen LogP contribution in [0, 0.1) is 0 Å². The monoisotopic (exact) mass is 389 g/mol. The van der Waals surface area contributed by atoms with E-state index in [0.29, 0.717) is 17.3 Å². The summed E-state index contributed by atoms with van der Waals surface area (Å²) in [4.78, 5) is 18.0. The molecule has 1 N–H and O–H groups in total. The van der Waals surface area contributed by atoms with E-state index in [0.717, 1.165) is 11.1 Å². The third-order valence-corrected chi connectivity index (χ3v) is 5.12. The summed E-state index contributed by atoms with van der Waals surface area (Å²) in [6, 6.07) is 19.6. The minimum absolute atomic E-state index is 0.102. The van der Waals surface area contributed by atoms with Crippen molar-refractivity contribution >= 4 is 34.5 Å². The number of hydrazine groups is 1. The highest BCUT2D eigenvalue weighted by atomic mass is 32.2. The zero-order chi connectivity index (χ0) is 19.8. The molecule has 0 radical (unpaired) electrons. The second kappa shape index (κ2) is 9.76. The topological polar surface area (TPSA) is 44.7 Å². The van der Waals surface area contributed by atoms with E-state index in [1.165, 1.54) is 11.8 Å². The zero-order valence-electron chi connectivity index (χ0n) is 15.8. The van der Waals surface area contributed by atoms with E-state index >= 15 is 0 Å². The largest absolute Gasteiger partial charge is 0.274 e. The highest BCUT2D eigenvalue weighted by Gasteiger charge is 2.33. The van der Waals surface area contributed by atoms with Crippen LogP contribution in [0.25, 0.3) is 11.6 Å². The fourth-order valence-corrected chi connectivity index (χ4v) is 3.79. The van der Waals surface area contributed by atoms with Crippen molar-refractivity contribution < 1.29 is 4.79 Å². The summed E-state index contributed by atoms with van der Waals surface area (Å²) < 4.78 is 0. The predicted molar refractivity (Wildman–Crippen MR) is 119 cm³/mol. The van der Waals surface area contributed by atoms with Gasteiger partial charge < -0.3 is 0 Å². The highest BCUT2D eigenvalue weighted by Crippen LogP contribution is 2.29. The van der Waals surface area contributed by atoms with E-state index in [-0.39, 0.29) is 11.3 Å². The lowest BCUT2D eigenvalue weighted by Gasteiger charge is -2.22. The second-order valence-corrected chi connectivity index (χ2v) is 7.20. The second-order valence-electron chi connectivity index (χ2n) is 6.09. The van der Waals surface area contributed by atoms with Crippen molar-refractivity contribution in [2.75, 3.05) is 6.54 Å². The standard InChI is InChI=1S/C23H23N3OS/c1-3-11-21-26(25-23(28-21)24-16-4-2)22(27)20(19-14-9-6-10-15-19)17-18-12-7-5-8-13-18/h3-15,17,21H,2,16H2,1H3,(H,24,25)/b11-3+,20-17+. The van der Waals surface area contributed by atoms with Crippen molar-refractivity contribution in [2.24, 2.45) is 4.99 Å². The third kappa shape index (κ3) is 4.81. The van der Waals surface area contributed by atoms with Crippen molar-refractivity contribution in [1.82, 2.24) is 10.4 Å². The van der Waals surface area contributed by atoms with Gasteiger partial charge in [-0.2, -0.15) is 0 Å². The molecule has 0 aliphatic carbocycles. The summed E-state index contributed by atoms with van der Waals surface area (Å²) in [5.74, 6) is -0.102. The summed E-state index contributed by atoms with van der Waals surface area (Å²) in [6.45, 7) is 6.15. The molecule has 1 saturated heterocycles. The van der Waals surface area contributed by atoms with Crippen LogP contribution in [0.2, 0.25) is 0 Å². The van der Waals surface area contributed by atoms with Crippen LogP contribution >= 0.6 is 11.8 Å². The number of carbonyl (C=O) groups is 1. The first-order valence-corrected chi connectivity index (χ1v) is 9.98. The maximum absolute atomic E-state index is 13.5. The zero-order valence-corrected chi connectivity index (χ0v) is 16.6. The van der Waals surface area contributed by atoms with Crippen molar-refractivity contribution in [2.45, 2.75) is 12.3 Å². The average Bonchev–Trinajstić information content (AvgIpc) is 3.14. The number of thioether (sulfide) groups is 1. The van der Waals surface area contributed by atoms with Crippen LogP contribution in [0.4, 0.5) is 0 Å². The SMILES string of the molecule is C=CCN=C1NN(C(=O)/C(=C/c2ccccc2)c2ccccc2)C(/C=C/C)S1. The first-order valence-electron chi connectivity index (χ1n) is 9.10. The molecule has 1 aliphatic rings. The van der Waals surface area contributed by atoms with Crippen LogP contribution in [0.1, 0.15) is 18.1 Å². The van der Waals surface area contributed by atoms with E-state index in [9.17, 15) is 4.79 Å². The Morgan fingerprint density at radius 3 is 2.50 bits per heavy atom. The van der Waals surface area contributed by atoms with Gasteiger partial charge in [-0.05, 0) is 24.1 Å². The van der Waals surface area contributed by atoms with Crippen molar-refractivity contribution in [3.8, 4) is 0 Å². The van der Waals surface area contributed by atoms with Crippen LogP contribution in [-0.4, -0.2) is 28.0 Å². The molecule has 0 bridgehead atoms. The lowest BCUT2D eigenvalue weighted by molar-refractivity contribution is -0.126. The Hall–Kier alpha value is -3.05. The molecule has 1 aliphatic heterocycles. The van der Waals surface area contributed by atoms with Crippen LogP contribution in [0.3, 0.4) is 0 Å². The highest BCUT2D eigenvalue weighted by molar-refractivity contribution is 8.14. The number of hydrogen-bond acceptors (Lipinski definition) is 3. The van der Waals surface area contributed by atoms with E-state index in [1.807, 2.05) is 85.8 Å². The van der Waals surface area contributed by atoms with Gasteiger partial charge in [-0.25, -0.2) is 5.01 Å². The molecule has 3 rings (SSSR count). The molecule has 1 fully saturated rings. The molecule has 2 aromatic carbocycles. The fourth-order valence-electron chi connectivity index (χ4n) is 2.77.